The van der Waals surface area contributed by atoms with Gasteiger partial charge in [0.1, 0.15) is 5.75 Å². The smallest absolute Gasteiger partial charge is 0.241 e. The molecular weight excluding hydrogens is 258 g/mol. The Kier molecular flexibility index (Phi) is 5.52. The standard InChI is InChI=1S/C14H21N3O3/c1-16(2)13(19)9-17(3)14(20)12(15)8-10-4-6-11(18)7-5-10/h4-7,12,18H,8-9,15H2,1-3H3/t12-/m1/s1. The molecule has 0 unspecified atom stereocenters. The molecule has 0 aliphatic heterocycles. The number of hydrogen-bond acceptors (Lipinski definition) is 4. The van der Waals surface area contributed by atoms with Crippen molar-refractivity contribution in [2.75, 3.05) is 27.7 Å². The average Bonchev–Trinajstić information content (AvgIpc) is 2.40. The normalized spacial score (nSPS) is 11.8. The maximum Gasteiger partial charge on any atom is 0.241 e. The number of nitrogens with two attached hydrogens (primary N) is 1. The molecule has 110 valence electrons. The van der Waals surface area contributed by atoms with Crippen molar-refractivity contribution in [1.29, 1.82) is 0 Å². The van der Waals surface area contributed by atoms with Gasteiger partial charge < -0.3 is 20.6 Å². The number of phenolic OH excluding ortho intramolecular Hbond substituents is 1. The number of likely N-dealkylation sites (N-methyl/N-ethyl adjacent to an activating group) is 2. The van der Waals surface area contributed by atoms with Crippen LogP contribution >= 0.6 is 0 Å². The van der Waals surface area contributed by atoms with Crippen molar-refractivity contribution in [3.8, 4) is 5.75 Å². The van der Waals surface area contributed by atoms with Crippen LogP contribution in [0.2, 0.25) is 0 Å². The highest BCUT2D eigenvalue weighted by atomic mass is 16.3. The second kappa shape index (κ2) is 6.91. The summed E-state index contributed by atoms with van der Waals surface area (Å²) in [6.07, 6.45) is 0.361. The lowest BCUT2D eigenvalue weighted by atomic mass is 10.1. The Morgan fingerprint density at radius 2 is 1.75 bits per heavy atom. The van der Waals surface area contributed by atoms with E-state index in [0.29, 0.717) is 6.42 Å². The van der Waals surface area contributed by atoms with Gasteiger partial charge >= 0.3 is 0 Å². The highest BCUT2D eigenvalue weighted by molar-refractivity contribution is 5.87. The Morgan fingerprint density at radius 3 is 2.25 bits per heavy atom. The summed E-state index contributed by atoms with van der Waals surface area (Å²) in [5.74, 6) is -0.270. The van der Waals surface area contributed by atoms with Gasteiger partial charge in [0.25, 0.3) is 0 Å². The Balaban J connectivity index is 2.58. The van der Waals surface area contributed by atoms with Gasteiger partial charge in [0.05, 0.1) is 12.6 Å². The van der Waals surface area contributed by atoms with Gasteiger partial charge in [0, 0.05) is 21.1 Å². The van der Waals surface area contributed by atoms with Crippen molar-refractivity contribution >= 4 is 11.8 Å². The second-order valence-electron chi connectivity index (χ2n) is 4.96. The quantitative estimate of drug-likeness (QED) is 0.782. The Morgan fingerprint density at radius 1 is 1.20 bits per heavy atom. The maximum absolute atomic E-state index is 12.1. The zero-order valence-electron chi connectivity index (χ0n) is 12.0. The topological polar surface area (TPSA) is 86.9 Å². The van der Waals surface area contributed by atoms with E-state index >= 15 is 0 Å². The lowest BCUT2D eigenvalue weighted by molar-refractivity contribution is -0.138. The molecule has 1 aromatic rings. The van der Waals surface area contributed by atoms with Gasteiger partial charge in [-0.15, -0.1) is 0 Å². The molecule has 1 rings (SSSR count). The first-order valence-corrected chi connectivity index (χ1v) is 6.30. The predicted octanol–water partition coefficient (Wildman–Crippen LogP) is -0.191. The number of rotatable bonds is 5. The van der Waals surface area contributed by atoms with E-state index in [0.717, 1.165) is 5.56 Å². The second-order valence-corrected chi connectivity index (χ2v) is 4.96. The van der Waals surface area contributed by atoms with Gasteiger partial charge in [-0.05, 0) is 24.1 Å². The van der Waals surface area contributed by atoms with Gasteiger partial charge in [0.15, 0.2) is 0 Å². The number of benzene rings is 1. The molecule has 6 heteroatoms. The minimum atomic E-state index is -0.709. The third kappa shape index (κ3) is 4.55. The third-order valence-electron chi connectivity index (χ3n) is 2.96. The van der Waals surface area contributed by atoms with E-state index in [1.54, 1.807) is 45.4 Å². The molecule has 0 spiro atoms. The van der Waals surface area contributed by atoms with Crippen LogP contribution in [-0.4, -0.2) is 60.5 Å². The minimum Gasteiger partial charge on any atom is -0.508 e. The summed E-state index contributed by atoms with van der Waals surface area (Å²) in [7, 11) is 4.83. The molecule has 0 aromatic heterocycles. The van der Waals surface area contributed by atoms with Gasteiger partial charge in [-0.1, -0.05) is 12.1 Å². The first-order chi connectivity index (χ1) is 9.31. The minimum absolute atomic E-state index is 0.00904. The number of amides is 2. The highest BCUT2D eigenvalue weighted by Crippen LogP contribution is 2.11. The van der Waals surface area contributed by atoms with Crippen LogP contribution in [0.3, 0.4) is 0 Å². The van der Waals surface area contributed by atoms with Crippen LogP contribution in [0.1, 0.15) is 5.56 Å². The molecule has 0 radical (unpaired) electrons. The molecule has 0 aliphatic carbocycles. The number of hydrogen-bond donors (Lipinski definition) is 2. The summed E-state index contributed by atoms with van der Waals surface area (Å²) < 4.78 is 0. The molecule has 0 bridgehead atoms. The maximum atomic E-state index is 12.1. The number of phenols is 1. The summed E-state index contributed by atoms with van der Waals surface area (Å²) >= 11 is 0. The molecule has 20 heavy (non-hydrogen) atoms. The van der Waals surface area contributed by atoms with E-state index < -0.39 is 6.04 Å². The predicted molar refractivity (Wildman–Crippen MR) is 76.1 cm³/mol. The monoisotopic (exact) mass is 279 g/mol. The van der Waals surface area contributed by atoms with Crippen LogP contribution in [0, 0.1) is 0 Å². The van der Waals surface area contributed by atoms with E-state index in [1.165, 1.54) is 9.80 Å². The summed E-state index contributed by atoms with van der Waals surface area (Å²) in [6.45, 7) is 0.00904. The lowest BCUT2D eigenvalue weighted by Gasteiger charge is -2.22. The zero-order chi connectivity index (χ0) is 15.3. The van der Waals surface area contributed by atoms with Crippen LogP contribution in [-0.2, 0) is 16.0 Å². The number of nitrogens with zero attached hydrogens (tertiary/aromatic N) is 2. The Labute approximate surface area is 118 Å². The number of aromatic hydroxyl groups is 1. The van der Waals surface area contributed by atoms with E-state index in [9.17, 15) is 14.7 Å². The van der Waals surface area contributed by atoms with E-state index in [4.69, 9.17) is 5.73 Å². The van der Waals surface area contributed by atoms with Gasteiger partial charge in [-0.25, -0.2) is 0 Å². The SMILES string of the molecule is CN(C)C(=O)CN(C)C(=O)[C@H](N)Cc1ccc(O)cc1. The molecule has 1 atom stereocenters. The van der Waals surface area contributed by atoms with Crippen LogP contribution in [0.5, 0.6) is 5.75 Å². The molecule has 0 aliphatic rings. The van der Waals surface area contributed by atoms with Crippen molar-refractivity contribution < 1.29 is 14.7 Å². The van der Waals surface area contributed by atoms with E-state index in [-0.39, 0.29) is 24.1 Å². The first-order valence-electron chi connectivity index (χ1n) is 6.30. The molecule has 3 N–H and O–H groups in total. The van der Waals surface area contributed by atoms with E-state index in [1.807, 2.05) is 0 Å². The summed E-state index contributed by atoms with van der Waals surface area (Å²) in [4.78, 5) is 26.3. The fraction of sp³-hybridized carbons (Fsp3) is 0.429. The molecular formula is C14H21N3O3. The van der Waals surface area contributed by atoms with Crippen LogP contribution in [0.4, 0.5) is 0 Å². The largest absolute Gasteiger partial charge is 0.508 e. The number of carbonyl (C=O) groups excluding carboxylic acids is 2. The molecule has 0 saturated heterocycles. The van der Waals surface area contributed by atoms with Crippen molar-refractivity contribution in [3.63, 3.8) is 0 Å². The zero-order valence-corrected chi connectivity index (χ0v) is 12.0. The average molecular weight is 279 g/mol. The van der Waals surface area contributed by atoms with Gasteiger partial charge in [-0.2, -0.15) is 0 Å². The van der Waals surface area contributed by atoms with Crippen molar-refractivity contribution in [2.24, 2.45) is 5.73 Å². The molecule has 0 heterocycles. The Bertz CT molecular complexity index is 471. The molecule has 1 aromatic carbocycles. The fourth-order valence-electron chi connectivity index (χ4n) is 1.68. The molecule has 0 saturated carbocycles. The summed E-state index contributed by atoms with van der Waals surface area (Å²) in [5, 5.41) is 9.19. The van der Waals surface area contributed by atoms with Crippen molar-refractivity contribution in [2.45, 2.75) is 12.5 Å². The van der Waals surface area contributed by atoms with Gasteiger partial charge in [-0.3, -0.25) is 9.59 Å². The van der Waals surface area contributed by atoms with Crippen LogP contribution < -0.4 is 5.73 Å². The lowest BCUT2D eigenvalue weighted by Crippen LogP contribution is -2.46. The highest BCUT2D eigenvalue weighted by Gasteiger charge is 2.20. The fourth-order valence-corrected chi connectivity index (χ4v) is 1.68. The van der Waals surface area contributed by atoms with E-state index in [2.05, 4.69) is 0 Å². The first kappa shape index (κ1) is 16.0. The molecule has 0 fully saturated rings. The molecule has 6 nitrogen and oxygen atoms in total. The van der Waals surface area contributed by atoms with Crippen LogP contribution in [0.25, 0.3) is 0 Å². The number of carbonyl (C=O) groups is 2. The van der Waals surface area contributed by atoms with Crippen LogP contribution in [0.15, 0.2) is 24.3 Å². The summed E-state index contributed by atoms with van der Waals surface area (Å²) in [6, 6.07) is 5.82. The summed E-state index contributed by atoms with van der Waals surface area (Å²) in [5.41, 5.74) is 6.72. The Hall–Kier alpha value is -2.08. The van der Waals surface area contributed by atoms with Gasteiger partial charge in [0.2, 0.25) is 11.8 Å². The van der Waals surface area contributed by atoms with Crippen molar-refractivity contribution in [3.05, 3.63) is 29.8 Å². The van der Waals surface area contributed by atoms with Crippen molar-refractivity contribution in [1.82, 2.24) is 9.80 Å². The molecule has 2 amide bonds. The third-order valence-corrected chi connectivity index (χ3v) is 2.96.